The number of hydrogen-bond acceptors (Lipinski definition) is 5. The fraction of sp³-hybridized carbons (Fsp3) is 0.250. The minimum atomic E-state index is -3.62. The van der Waals surface area contributed by atoms with Gasteiger partial charge >= 0.3 is 0 Å². The van der Waals surface area contributed by atoms with Gasteiger partial charge in [0.25, 0.3) is 10.0 Å². The van der Waals surface area contributed by atoms with E-state index in [0.717, 1.165) is 5.56 Å². The van der Waals surface area contributed by atoms with Gasteiger partial charge in [-0.05, 0) is 37.1 Å². The molecule has 0 saturated carbocycles. The summed E-state index contributed by atoms with van der Waals surface area (Å²) in [5.41, 5.74) is 1.40. The molecule has 5 nitrogen and oxygen atoms in total. The molecule has 1 heterocycles. The van der Waals surface area contributed by atoms with Gasteiger partial charge in [-0.1, -0.05) is 0 Å². The molecule has 0 saturated heterocycles. The summed E-state index contributed by atoms with van der Waals surface area (Å²) in [4.78, 5) is 4.15. The molecule has 0 aliphatic heterocycles. The van der Waals surface area contributed by atoms with E-state index in [2.05, 4.69) is 9.71 Å². The van der Waals surface area contributed by atoms with Crippen LogP contribution in [0.25, 0.3) is 0 Å². The molecule has 102 valence electrons. The third-order valence-electron chi connectivity index (χ3n) is 2.64. The molecule has 0 aliphatic rings. The SMILES string of the molecule is COc1cc(C)c(S(=O)(=O)Nc2nccs2)cc1C. The van der Waals surface area contributed by atoms with E-state index in [1.165, 1.54) is 11.3 Å². The van der Waals surface area contributed by atoms with E-state index in [1.807, 2.05) is 0 Å². The number of rotatable bonds is 4. The Labute approximate surface area is 116 Å². The predicted molar refractivity (Wildman–Crippen MR) is 75.4 cm³/mol. The van der Waals surface area contributed by atoms with E-state index in [1.54, 1.807) is 44.7 Å². The molecule has 2 aromatic rings. The molecule has 1 aromatic heterocycles. The van der Waals surface area contributed by atoms with Crippen molar-refractivity contribution in [1.29, 1.82) is 0 Å². The second-order valence-corrected chi connectivity index (χ2v) is 6.58. The summed E-state index contributed by atoms with van der Waals surface area (Å²) < 4.78 is 32.2. The predicted octanol–water partition coefficient (Wildman–Crippen LogP) is 2.57. The van der Waals surface area contributed by atoms with E-state index in [4.69, 9.17) is 4.74 Å². The number of ether oxygens (including phenoxy) is 1. The van der Waals surface area contributed by atoms with E-state index in [-0.39, 0.29) is 4.90 Å². The highest BCUT2D eigenvalue weighted by Crippen LogP contribution is 2.27. The van der Waals surface area contributed by atoms with Crippen molar-refractivity contribution in [3.05, 3.63) is 34.8 Å². The number of methoxy groups -OCH3 is 1. The van der Waals surface area contributed by atoms with Crippen molar-refractivity contribution in [2.24, 2.45) is 0 Å². The number of aromatic nitrogens is 1. The third kappa shape index (κ3) is 2.87. The highest BCUT2D eigenvalue weighted by Gasteiger charge is 2.19. The molecule has 0 radical (unpaired) electrons. The van der Waals surface area contributed by atoms with Crippen LogP contribution in [0.4, 0.5) is 5.13 Å². The van der Waals surface area contributed by atoms with Crippen molar-refractivity contribution >= 4 is 26.5 Å². The maximum Gasteiger partial charge on any atom is 0.263 e. The Bertz CT molecular complexity index is 679. The minimum Gasteiger partial charge on any atom is -0.496 e. The summed E-state index contributed by atoms with van der Waals surface area (Å²) in [6.07, 6.45) is 1.55. The van der Waals surface area contributed by atoms with Crippen LogP contribution in [-0.4, -0.2) is 20.5 Å². The van der Waals surface area contributed by atoms with Crippen LogP contribution in [-0.2, 0) is 10.0 Å². The van der Waals surface area contributed by atoms with Gasteiger partial charge in [-0.2, -0.15) is 0 Å². The maximum atomic E-state index is 12.3. The van der Waals surface area contributed by atoms with Crippen LogP contribution >= 0.6 is 11.3 Å². The van der Waals surface area contributed by atoms with Crippen LogP contribution in [0.5, 0.6) is 5.75 Å². The quantitative estimate of drug-likeness (QED) is 0.942. The molecule has 7 heteroatoms. The van der Waals surface area contributed by atoms with Crippen LogP contribution in [0.15, 0.2) is 28.6 Å². The Morgan fingerprint density at radius 3 is 2.58 bits per heavy atom. The lowest BCUT2D eigenvalue weighted by molar-refractivity contribution is 0.411. The summed E-state index contributed by atoms with van der Waals surface area (Å²) in [7, 11) is -2.06. The monoisotopic (exact) mass is 298 g/mol. The van der Waals surface area contributed by atoms with Crippen molar-refractivity contribution in [3.8, 4) is 5.75 Å². The molecule has 1 N–H and O–H groups in total. The van der Waals surface area contributed by atoms with Gasteiger partial charge in [0.15, 0.2) is 5.13 Å². The van der Waals surface area contributed by atoms with Crippen LogP contribution < -0.4 is 9.46 Å². The highest BCUT2D eigenvalue weighted by molar-refractivity contribution is 7.93. The van der Waals surface area contributed by atoms with Crippen molar-refractivity contribution in [3.63, 3.8) is 0 Å². The Morgan fingerprint density at radius 1 is 1.26 bits per heavy atom. The van der Waals surface area contributed by atoms with E-state index in [9.17, 15) is 8.42 Å². The Kier molecular flexibility index (Phi) is 3.77. The average Bonchev–Trinajstić information content (AvgIpc) is 2.83. The van der Waals surface area contributed by atoms with Crippen molar-refractivity contribution in [2.75, 3.05) is 11.8 Å². The summed E-state index contributed by atoms with van der Waals surface area (Å²) in [5, 5.41) is 2.07. The highest BCUT2D eigenvalue weighted by atomic mass is 32.2. The summed E-state index contributed by atoms with van der Waals surface area (Å²) in [6.45, 7) is 3.54. The normalized spacial score (nSPS) is 11.3. The first-order valence-corrected chi connectivity index (χ1v) is 7.88. The van der Waals surface area contributed by atoms with E-state index >= 15 is 0 Å². The van der Waals surface area contributed by atoms with Crippen LogP contribution in [0.2, 0.25) is 0 Å². The number of nitrogens with zero attached hydrogens (tertiary/aromatic N) is 1. The van der Waals surface area contributed by atoms with Gasteiger partial charge in [0.2, 0.25) is 0 Å². The first-order valence-electron chi connectivity index (χ1n) is 5.51. The number of nitrogens with one attached hydrogen (secondary N) is 1. The molecule has 0 amide bonds. The van der Waals surface area contributed by atoms with Gasteiger partial charge in [0, 0.05) is 11.6 Å². The van der Waals surface area contributed by atoms with Gasteiger partial charge < -0.3 is 4.74 Å². The minimum absolute atomic E-state index is 0.237. The zero-order chi connectivity index (χ0) is 14.0. The lowest BCUT2D eigenvalue weighted by Crippen LogP contribution is -2.14. The molecule has 0 fully saturated rings. The molecule has 19 heavy (non-hydrogen) atoms. The zero-order valence-electron chi connectivity index (χ0n) is 10.8. The van der Waals surface area contributed by atoms with E-state index < -0.39 is 10.0 Å². The number of aryl methyl sites for hydroxylation is 2. The van der Waals surface area contributed by atoms with Crippen molar-refractivity contribution < 1.29 is 13.2 Å². The lowest BCUT2D eigenvalue weighted by atomic mass is 10.1. The van der Waals surface area contributed by atoms with Crippen LogP contribution in [0, 0.1) is 13.8 Å². The third-order valence-corrected chi connectivity index (χ3v) is 4.93. The van der Waals surface area contributed by atoms with Gasteiger partial charge in [0.1, 0.15) is 5.75 Å². The molecule has 0 bridgehead atoms. The van der Waals surface area contributed by atoms with Crippen LogP contribution in [0.1, 0.15) is 11.1 Å². The maximum absolute atomic E-state index is 12.3. The van der Waals surface area contributed by atoms with Gasteiger partial charge in [-0.25, -0.2) is 13.4 Å². The fourth-order valence-electron chi connectivity index (χ4n) is 1.72. The molecule has 0 unspecified atom stereocenters. The standard InChI is InChI=1S/C12H14N2O3S2/c1-8-7-11(9(2)6-10(8)17-3)19(15,16)14-12-13-4-5-18-12/h4-7H,1-3H3,(H,13,14). The number of hydrogen-bond donors (Lipinski definition) is 1. The lowest BCUT2D eigenvalue weighted by Gasteiger charge is -2.12. The van der Waals surface area contributed by atoms with Gasteiger partial charge in [0.05, 0.1) is 12.0 Å². The number of benzene rings is 1. The van der Waals surface area contributed by atoms with Crippen molar-refractivity contribution in [1.82, 2.24) is 4.98 Å². The largest absolute Gasteiger partial charge is 0.496 e. The Balaban J connectivity index is 2.43. The summed E-state index contributed by atoms with van der Waals surface area (Å²) in [5.74, 6) is 0.672. The topological polar surface area (TPSA) is 68.3 Å². The number of sulfonamides is 1. The van der Waals surface area contributed by atoms with Crippen molar-refractivity contribution in [2.45, 2.75) is 18.7 Å². The molecule has 0 spiro atoms. The number of anilines is 1. The summed E-state index contributed by atoms with van der Waals surface area (Å²) in [6, 6.07) is 3.32. The van der Waals surface area contributed by atoms with E-state index in [0.29, 0.717) is 16.4 Å². The molecule has 2 rings (SSSR count). The summed E-state index contributed by atoms with van der Waals surface area (Å²) >= 11 is 1.24. The molecule has 0 atom stereocenters. The second-order valence-electron chi connectivity index (χ2n) is 4.03. The first-order chi connectivity index (χ1) is 8.94. The number of thiazole rings is 1. The first kappa shape index (κ1) is 13.8. The molecule has 1 aromatic carbocycles. The second kappa shape index (κ2) is 5.18. The average molecular weight is 298 g/mol. The zero-order valence-corrected chi connectivity index (χ0v) is 12.4. The Morgan fingerprint density at radius 2 is 2.00 bits per heavy atom. The molecular formula is C12H14N2O3S2. The fourth-order valence-corrected chi connectivity index (χ4v) is 3.82. The smallest absolute Gasteiger partial charge is 0.263 e. The van der Waals surface area contributed by atoms with Gasteiger partial charge in [-0.15, -0.1) is 11.3 Å². The Hall–Kier alpha value is -1.60. The molecule has 0 aliphatic carbocycles. The van der Waals surface area contributed by atoms with Gasteiger partial charge in [-0.3, -0.25) is 4.72 Å². The van der Waals surface area contributed by atoms with Crippen LogP contribution in [0.3, 0.4) is 0 Å². The molecular weight excluding hydrogens is 284 g/mol.